The molecule has 1 N–H and O–H groups in total. The molecular weight excluding hydrogens is 320 g/mol. The van der Waals surface area contributed by atoms with Crippen LogP contribution < -0.4 is 5.32 Å². The van der Waals surface area contributed by atoms with Gasteiger partial charge < -0.3 is 10.2 Å². The number of nitrogens with zero attached hydrogens (tertiary/aromatic N) is 1. The van der Waals surface area contributed by atoms with Crippen LogP contribution in [-0.4, -0.2) is 36.3 Å². The van der Waals surface area contributed by atoms with Crippen molar-refractivity contribution in [3.8, 4) is 0 Å². The summed E-state index contributed by atoms with van der Waals surface area (Å²) in [4.78, 5) is 25.2. The van der Waals surface area contributed by atoms with Crippen molar-refractivity contribution in [2.75, 3.05) is 19.6 Å². The molecule has 1 fully saturated rings. The molecule has 1 aromatic rings. The topological polar surface area (TPSA) is 49.4 Å². The van der Waals surface area contributed by atoms with Gasteiger partial charge in [0, 0.05) is 31.0 Å². The van der Waals surface area contributed by atoms with Gasteiger partial charge >= 0.3 is 0 Å². The summed E-state index contributed by atoms with van der Waals surface area (Å²) in [7, 11) is 0. The summed E-state index contributed by atoms with van der Waals surface area (Å²) in [6.45, 7) is 3.87. The van der Waals surface area contributed by atoms with Crippen molar-refractivity contribution in [2.24, 2.45) is 5.92 Å². The molecule has 0 atom stereocenters. The Kier molecular flexibility index (Phi) is 5.17. The van der Waals surface area contributed by atoms with E-state index in [4.69, 9.17) is 0 Å². The van der Waals surface area contributed by atoms with Crippen LogP contribution in [0.2, 0.25) is 0 Å². The molecule has 108 valence electrons. The number of hydrogen-bond donors (Lipinski definition) is 1. The van der Waals surface area contributed by atoms with Crippen molar-refractivity contribution in [3.63, 3.8) is 0 Å². The minimum absolute atomic E-state index is 0.0496. The predicted molar refractivity (Wildman–Crippen MR) is 81.5 cm³/mol. The Bertz CT molecular complexity index is 496. The Hall–Kier alpha value is -1.36. The SMILES string of the molecule is CC(=O)N1CCC(CNC(=O)c2ccccc2Br)CC1. The number of benzene rings is 1. The molecule has 0 aromatic heterocycles. The predicted octanol–water partition coefficient (Wildman–Crippen LogP) is 2.44. The number of rotatable bonds is 3. The van der Waals surface area contributed by atoms with Gasteiger partial charge in [0.15, 0.2) is 0 Å². The van der Waals surface area contributed by atoms with Crippen molar-refractivity contribution in [1.82, 2.24) is 10.2 Å². The molecule has 5 heteroatoms. The van der Waals surface area contributed by atoms with Gasteiger partial charge in [-0.1, -0.05) is 12.1 Å². The summed E-state index contributed by atoms with van der Waals surface area (Å²) < 4.78 is 0.809. The number of hydrogen-bond acceptors (Lipinski definition) is 2. The Morgan fingerprint density at radius 3 is 2.55 bits per heavy atom. The zero-order chi connectivity index (χ0) is 14.5. The second kappa shape index (κ2) is 6.88. The Morgan fingerprint density at radius 2 is 1.95 bits per heavy atom. The normalized spacial score (nSPS) is 16.0. The lowest BCUT2D eigenvalue weighted by Crippen LogP contribution is -2.40. The van der Waals surface area contributed by atoms with E-state index < -0.39 is 0 Å². The number of carbonyl (C=O) groups excluding carboxylic acids is 2. The molecule has 1 aliphatic rings. The van der Waals surface area contributed by atoms with Gasteiger partial charge in [0.25, 0.3) is 5.91 Å². The van der Waals surface area contributed by atoms with E-state index in [-0.39, 0.29) is 11.8 Å². The van der Waals surface area contributed by atoms with E-state index in [2.05, 4.69) is 21.2 Å². The largest absolute Gasteiger partial charge is 0.352 e. The first-order chi connectivity index (χ1) is 9.58. The fraction of sp³-hybridized carbons (Fsp3) is 0.467. The van der Waals surface area contributed by atoms with Crippen LogP contribution >= 0.6 is 15.9 Å². The van der Waals surface area contributed by atoms with Crippen molar-refractivity contribution < 1.29 is 9.59 Å². The van der Waals surface area contributed by atoms with Crippen molar-refractivity contribution in [1.29, 1.82) is 0 Å². The molecule has 0 spiro atoms. The maximum atomic E-state index is 12.1. The molecule has 0 aliphatic carbocycles. The third kappa shape index (κ3) is 3.82. The van der Waals surface area contributed by atoms with E-state index in [0.717, 1.165) is 30.4 Å². The first-order valence-corrected chi connectivity index (χ1v) is 7.65. The van der Waals surface area contributed by atoms with Gasteiger partial charge in [-0.2, -0.15) is 0 Å². The third-order valence-corrected chi connectivity index (χ3v) is 4.42. The lowest BCUT2D eigenvalue weighted by molar-refractivity contribution is -0.130. The van der Waals surface area contributed by atoms with E-state index in [0.29, 0.717) is 18.0 Å². The molecule has 2 rings (SSSR count). The fourth-order valence-corrected chi connectivity index (χ4v) is 2.89. The molecule has 1 aromatic carbocycles. The second-order valence-electron chi connectivity index (χ2n) is 5.14. The summed E-state index contributed by atoms with van der Waals surface area (Å²) in [6, 6.07) is 7.40. The van der Waals surface area contributed by atoms with Crippen LogP contribution in [0.25, 0.3) is 0 Å². The van der Waals surface area contributed by atoms with E-state index in [9.17, 15) is 9.59 Å². The number of nitrogens with one attached hydrogen (secondary N) is 1. The first-order valence-electron chi connectivity index (χ1n) is 6.86. The number of likely N-dealkylation sites (tertiary alicyclic amines) is 1. The standard InChI is InChI=1S/C15H19BrN2O2/c1-11(19)18-8-6-12(7-9-18)10-17-15(20)13-4-2-3-5-14(13)16/h2-5,12H,6-10H2,1H3,(H,17,20). The molecular formula is C15H19BrN2O2. The van der Waals surface area contributed by atoms with Crippen molar-refractivity contribution in [2.45, 2.75) is 19.8 Å². The van der Waals surface area contributed by atoms with Crippen molar-refractivity contribution in [3.05, 3.63) is 34.3 Å². The lowest BCUT2D eigenvalue weighted by Gasteiger charge is -2.31. The average molecular weight is 339 g/mol. The Balaban J connectivity index is 1.80. The fourth-order valence-electron chi connectivity index (χ4n) is 2.43. The zero-order valence-electron chi connectivity index (χ0n) is 11.6. The Labute approximate surface area is 127 Å². The molecule has 0 radical (unpaired) electrons. The van der Waals surface area contributed by atoms with Gasteiger partial charge in [0.05, 0.1) is 5.56 Å². The van der Waals surface area contributed by atoms with Gasteiger partial charge in [0.1, 0.15) is 0 Å². The Morgan fingerprint density at radius 1 is 1.30 bits per heavy atom. The number of amides is 2. The highest BCUT2D eigenvalue weighted by Gasteiger charge is 2.21. The van der Waals surface area contributed by atoms with Crippen LogP contribution in [0.4, 0.5) is 0 Å². The number of piperidine rings is 1. The van der Waals surface area contributed by atoms with Gasteiger partial charge in [0.2, 0.25) is 5.91 Å². The maximum absolute atomic E-state index is 12.1. The molecule has 1 heterocycles. The van der Waals surface area contributed by atoms with Crippen molar-refractivity contribution >= 4 is 27.7 Å². The van der Waals surface area contributed by atoms with E-state index in [1.807, 2.05) is 23.1 Å². The van der Waals surface area contributed by atoms with Gasteiger partial charge in [-0.25, -0.2) is 0 Å². The first kappa shape index (κ1) is 15.0. The highest BCUT2D eigenvalue weighted by atomic mass is 79.9. The summed E-state index contributed by atoms with van der Waals surface area (Å²) >= 11 is 3.38. The molecule has 20 heavy (non-hydrogen) atoms. The summed E-state index contributed by atoms with van der Waals surface area (Å²) in [6.07, 6.45) is 1.91. The lowest BCUT2D eigenvalue weighted by atomic mass is 9.96. The quantitative estimate of drug-likeness (QED) is 0.920. The minimum Gasteiger partial charge on any atom is -0.352 e. The molecule has 0 saturated carbocycles. The summed E-state index contributed by atoms with van der Waals surface area (Å²) in [5, 5.41) is 2.98. The van der Waals surface area contributed by atoms with E-state index in [1.54, 1.807) is 13.0 Å². The molecule has 4 nitrogen and oxygen atoms in total. The third-order valence-electron chi connectivity index (χ3n) is 3.73. The minimum atomic E-state index is -0.0496. The smallest absolute Gasteiger partial charge is 0.252 e. The van der Waals surface area contributed by atoms with Gasteiger partial charge in [-0.05, 0) is 46.8 Å². The van der Waals surface area contributed by atoms with Gasteiger partial charge in [-0.15, -0.1) is 0 Å². The monoisotopic (exact) mass is 338 g/mol. The van der Waals surface area contributed by atoms with Crippen LogP contribution in [0.15, 0.2) is 28.7 Å². The van der Waals surface area contributed by atoms with Gasteiger partial charge in [-0.3, -0.25) is 9.59 Å². The molecule has 0 unspecified atom stereocenters. The van der Waals surface area contributed by atoms with Crippen LogP contribution in [0.1, 0.15) is 30.1 Å². The summed E-state index contributed by atoms with van der Waals surface area (Å²) in [5.41, 5.74) is 0.661. The van der Waals surface area contributed by atoms with Crippen LogP contribution in [0.3, 0.4) is 0 Å². The zero-order valence-corrected chi connectivity index (χ0v) is 13.1. The van der Waals surface area contributed by atoms with Crippen LogP contribution in [-0.2, 0) is 4.79 Å². The highest BCUT2D eigenvalue weighted by Crippen LogP contribution is 2.18. The summed E-state index contributed by atoms with van der Waals surface area (Å²) in [5.74, 6) is 0.546. The molecule has 0 bridgehead atoms. The van der Waals surface area contributed by atoms with Crippen LogP contribution in [0, 0.1) is 5.92 Å². The molecule has 1 saturated heterocycles. The van der Waals surface area contributed by atoms with E-state index >= 15 is 0 Å². The number of halogens is 1. The van der Waals surface area contributed by atoms with E-state index in [1.165, 1.54) is 0 Å². The average Bonchev–Trinajstić information content (AvgIpc) is 2.45. The highest BCUT2D eigenvalue weighted by molar-refractivity contribution is 9.10. The van der Waals surface area contributed by atoms with Crippen LogP contribution in [0.5, 0.6) is 0 Å². The molecule has 2 amide bonds. The second-order valence-corrected chi connectivity index (χ2v) is 5.99. The number of carbonyl (C=O) groups is 2. The molecule has 1 aliphatic heterocycles. The maximum Gasteiger partial charge on any atom is 0.252 e.